The number of furan rings is 1. The number of aromatic amines is 1. The molecule has 0 aliphatic rings. The molecule has 2 aromatic heterocycles. The van der Waals surface area contributed by atoms with Crippen LogP contribution in [-0.4, -0.2) is 21.1 Å². The second-order valence-electron chi connectivity index (χ2n) is 4.31. The molecular weight excluding hydrogens is 263 g/mol. The van der Waals surface area contributed by atoms with Gasteiger partial charge in [-0.2, -0.15) is 5.10 Å². The minimum Gasteiger partial charge on any atom is -0.451 e. The minimum atomic E-state index is -0.379. The number of nitrogens with zero attached hydrogens (tertiary/aromatic N) is 2. The number of hydrogen-bond donors (Lipinski definition) is 2. The molecule has 0 radical (unpaired) electrons. The van der Waals surface area contributed by atoms with E-state index >= 15 is 0 Å². The normalized spacial score (nSPS) is 10.9. The van der Waals surface area contributed by atoms with Crippen molar-refractivity contribution in [2.45, 2.75) is 13.5 Å². The summed E-state index contributed by atoms with van der Waals surface area (Å²) in [7, 11) is 0. The molecule has 0 fully saturated rings. The van der Waals surface area contributed by atoms with Crippen molar-refractivity contribution >= 4 is 16.9 Å². The van der Waals surface area contributed by atoms with E-state index < -0.39 is 0 Å². The van der Waals surface area contributed by atoms with E-state index in [1.807, 2.05) is 0 Å². The molecule has 0 saturated heterocycles. The molecule has 1 aromatic carbocycles. The highest BCUT2D eigenvalue weighted by molar-refractivity contribution is 5.98. The first-order valence-electron chi connectivity index (χ1n) is 5.96. The number of amides is 1. The van der Waals surface area contributed by atoms with Crippen molar-refractivity contribution < 1.29 is 13.6 Å². The van der Waals surface area contributed by atoms with Crippen LogP contribution in [0.4, 0.5) is 4.39 Å². The lowest BCUT2D eigenvalue weighted by atomic mass is 10.1. The van der Waals surface area contributed by atoms with Crippen molar-refractivity contribution in [2.75, 3.05) is 0 Å². The molecule has 3 aromatic rings. The van der Waals surface area contributed by atoms with E-state index in [1.54, 1.807) is 6.92 Å². The molecule has 6 nitrogen and oxygen atoms in total. The Morgan fingerprint density at radius 3 is 3.10 bits per heavy atom. The van der Waals surface area contributed by atoms with Crippen molar-refractivity contribution in [1.82, 2.24) is 20.5 Å². The zero-order valence-corrected chi connectivity index (χ0v) is 10.6. The molecule has 7 heteroatoms. The number of rotatable bonds is 3. The summed E-state index contributed by atoms with van der Waals surface area (Å²) in [5.41, 5.74) is 1.09. The van der Waals surface area contributed by atoms with Crippen molar-refractivity contribution in [3.63, 3.8) is 0 Å². The molecule has 2 heterocycles. The van der Waals surface area contributed by atoms with Crippen molar-refractivity contribution in [1.29, 1.82) is 0 Å². The second kappa shape index (κ2) is 4.76. The van der Waals surface area contributed by atoms with E-state index in [9.17, 15) is 9.18 Å². The van der Waals surface area contributed by atoms with Gasteiger partial charge in [-0.15, -0.1) is 0 Å². The van der Waals surface area contributed by atoms with E-state index in [4.69, 9.17) is 4.42 Å². The lowest BCUT2D eigenvalue weighted by Gasteiger charge is -2.00. The molecule has 102 valence electrons. The largest absolute Gasteiger partial charge is 0.451 e. The van der Waals surface area contributed by atoms with Gasteiger partial charge >= 0.3 is 0 Å². The van der Waals surface area contributed by atoms with Crippen LogP contribution in [0.1, 0.15) is 21.9 Å². The number of hydrogen-bond acceptors (Lipinski definition) is 4. The predicted octanol–water partition coefficient (Wildman–Crippen LogP) is 1.93. The average molecular weight is 274 g/mol. The van der Waals surface area contributed by atoms with Gasteiger partial charge in [0.25, 0.3) is 5.91 Å². The summed E-state index contributed by atoms with van der Waals surface area (Å²) in [6.45, 7) is 1.93. The molecule has 0 spiro atoms. The molecule has 0 bridgehead atoms. The number of nitrogens with one attached hydrogen (secondary N) is 2. The lowest BCUT2D eigenvalue weighted by molar-refractivity contribution is 0.0923. The summed E-state index contributed by atoms with van der Waals surface area (Å²) in [6, 6.07) is 4.15. The summed E-state index contributed by atoms with van der Waals surface area (Å²) in [6.07, 6.45) is 1.36. The Balaban J connectivity index is 1.86. The number of aromatic nitrogens is 3. The Morgan fingerprint density at radius 2 is 2.35 bits per heavy atom. The van der Waals surface area contributed by atoms with Gasteiger partial charge < -0.3 is 9.73 Å². The smallest absolute Gasteiger partial charge is 0.287 e. The van der Waals surface area contributed by atoms with Crippen LogP contribution in [0.25, 0.3) is 11.0 Å². The van der Waals surface area contributed by atoms with Gasteiger partial charge in [-0.25, -0.2) is 9.37 Å². The van der Waals surface area contributed by atoms with Gasteiger partial charge in [-0.05, 0) is 25.1 Å². The third-order valence-electron chi connectivity index (χ3n) is 2.99. The fraction of sp³-hybridized carbons (Fsp3) is 0.154. The molecule has 0 aliphatic heterocycles. The first kappa shape index (κ1) is 12.3. The summed E-state index contributed by atoms with van der Waals surface area (Å²) >= 11 is 0. The van der Waals surface area contributed by atoms with Crippen LogP contribution in [0, 0.1) is 12.7 Å². The van der Waals surface area contributed by atoms with Crippen molar-refractivity contribution in [3.05, 3.63) is 47.5 Å². The molecular formula is C13H11FN4O2. The first-order chi connectivity index (χ1) is 9.65. The monoisotopic (exact) mass is 274 g/mol. The maximum Gasteiger partial charge on any atom is 0.287 e. The number of halogens is 1. The van der Waals surface area contributed by atoms with E-state index in [1.165, 1.54) is 24.5 Å². The van der Waals surface area contributed by atoms with Gasteiger partial charge in [0.2, 0.25) is 0 Å². The molecule has 1 amide bonds. The Morgan fingerprint density at radius 1 is 1.50 bits per heavy atom. The van der Waals surface area contributed by atoms with Gasteiger partial charge in [-0.1, -0.05) is 0 Å². The maximum absolute atomic E-state index is 13.2. The van der Waals surface area contributed by atoms with E-state index in [2.05, 4.69) is 20.5 Å². The average Bonchev–Trinajstić information content (AvgIpc) is 3.05. The highest BCUT2D eigenvalue weighted by Gasteiger charge is 2.18. The van der Waals surface area contributed by atoms with Crippen LogP contribution in [0.15, 0.2) is 28.9 Å². The molecule has 3 rings (SSSR count). The zero-order chi connectivity index (χ0) is 14.1. The molecule has 0 saturated carbocycles. The van der Waals surface area contributed by atoms with Crippen LogP contribution < -0.4 is 5.32 Å². The van der Waals surface area contributed by atoms with Crippen LogP contribution in [-0.2, 0) is 6.54 Å². The molecule has 0 atom stereocenters. The SMILES string of the molecule is Cc1c(C(=O)NCc2ncn[nH]2)oc2ccc(F)cc12. The van der Waals surface area contributed by atoms with Gasteiger partial charge in [0.15, 0.2) is 5.76 Å². The first-order valence-corrected chi connectivity index (χ1v) is 5.96. The zero-order valence-electron chi connectivity index (χ0n) is 10.6. The standard InChI is InChI=1S/C13H11FN4O2/c1-7-9-4-8(14)2-3-10(9)20-12(7)13(19)15-5-11-16-6-17-18-11/h2-4,6H,5H2,1H3,(H,15,19)(H,16,17,18). The van der Waals surface area contributed by atoms with E-state index in [-0.39, 0.29) is 24.0 Å². The van der Waals surface area contributed by atoms with Crippen molar-refractivity contribution in [2.24, 2.45) is 0 Å². The fourth-order valence-electron chi connectivity index (χ4n) is 1.97. The molecule has 0 unspecified atom stereocenters. The fourth-order valence-corrected chi connectivity index (χ4v) is 1.97. The second-order valence-corrected chi connectivity index (χ2v) is 4.31. The van der Waals surface area contributed by atoms with Gasteiger partial charge in [-0.3, -0.25) is 9.89 Å². The predicted molar refractivity (Wildman–Crippen MR) is 68.5 cm³/mol. The van der Waals surface area contributed by atoms with Gasteiger partial charge in [0.05, 0.1) is 6.54 Å². The number of H-pyrrole nitrogens is 1. The highest BCUT2D eigenvalue weighted by Crippen LogP contribution is 2.25. The number of carbonyl (C=O) groups is 1. The number of fused-ring (bicyclic) bond motifs is 1. The highest BCUT2D eigenvalue weighted by atomic mass is 19.1. The number of aryl methyl sites for hydroxylation is 1. The third-order valence-corrected chi connectivity index (χ3v) is 2.99. The van der Waals surface area contributed by atoms with E-state index in [0.29, 0.717) is 22.4 Å². The molecule has 0 aliphatic carbocycles. The Labute approximate surface area is 113 Å². The Kier molecular flexibility index (Phi) is 2.94. The minimum absolute atomic E-state index is 0.171. The van der Waals surface area contributed by atoms with Crippen LogP contribution in [0.5, 0.6) is 0 Å². The summed E-state index contributed by atoms with van der Waals surface area (Å²) < 4.78 is 18.7. The van der Waals surface area contributed by atoms with Crippen LogP contribution >= 0.6 is 0 Å². The third kappa shape index (κ3) is 2.13. The van der Waals surface area contributed by atoms with Gasteiger partial charge in [0, 0.05) is 10.9 Å². The summed E-state index contributed by atoms with van der Waals surface area (Å²) in [4.78, 5) is 16.0. The summed E-state index contributed by atoms with van der Waals surface area (Å²) in [5, 5.41) is 9.57. The Hall–Kier alpha value is -2.70. The maximum atomic E-state index is 13.2. The molecule has 20 heavy (non-hydrogen) atoms. The van der Waals surface area contributed by atoms with Gasteiger partial charge in [0.1, 0.15) is 23.6 Å². The number of benzene rings is 1. The number of carbonyl (C=O) groups excluding carboxylic acids is 1. The Bertz CT molecular complexity index is 764. The lowest BCUT2D eigenvalue weighted by Crippen LogP contribution is -2.23. The quantitative estimate of drug-likeness (QED) is 0.764. The summed E-state index contributed by atoms with van der Waals surface area (Å²) in [5.74, 6) is -0.0335. The van der Waals surface area contributed by atoms with Crippen molar-refractivity contribution in [3.8, 4) is 0 Å². The van der Waals surface area contributed by atoms with E-state index in [0.717, 1.165) is 0 Å². The van der Waals surface area contributed by atoms with Crippen LogP contribution in [0.3, 0.4) is 0 Å². The van der Waals surface area contributed by atoms with Crippen LogP contribution in [0.2, 0.25) is 0 Å². The molecule has 2 N–H and O–H groups in total. The topological polar surface area (TPSA) is 83.8 Å².